The topological polar surface area (TPSA) is 35.2 Å². The molecule has 0 amide bonds. The van der Waals surface area contributed by atoms with E-state index in [-0.39, 0.29) is 6.04 Å². The van der Waals surface area contributed by atoms with Crippen LogP contribution in [0.1, 0.15) is 28.3 Å². The second-order valence-corrected chi connectivity index (χ2v) is 6.13. The van der Waals surface area contributed by atoms with Gasteiger partial charge in [0.15, 0.2) is 0 Å². The van der Waals surface area contributed by atoms with Crippen LogP contribution in [0.4, 0.5) is 0 Å². The van der Waals surface area contributed by atoms with Gasteiger partial charge in [0.05, 0.1) is 13.2 Å². The van der Waals surface area contributed by atoms with E-state index in [2.05, 4.69) is 22.0 Å². The number of methoxy groups -OCH3 is 1. The van der Waals surface area contributed by atoms with E-state index in [1.165, 1.54) is 0 Å². The molecule has 0 aliphatic heterocycles. The van der Waals surface area contributed by atoms with Crippen molar-refractivity contribution in [2.24, 2.45) is 5.73 Å². The molecule has 0 saturated heterocycles. The predicted molar refractivity (Wildman–Crippen MR) is 87.7 cm³/mol. The highest BCUT2D eigenvalue weighted by Crippen LogP contribution is 2.36. The van der Waals surface area contributed by atoms with Crippen LogP contribution < -0.4 is 10.5 Å². The Morgan fingerprint density at radius 3 is 2.55 bits per heavy atom. The number of rotatable bonds is 3. The van der Waals surface area contributed by atoms with Gasteiger partial charge in [-0.15, -0.1) is 0 Å². The maximum absolute atomic E-state index is 6.44. The molecule has 0 fully saturated rings. The van der Waals surface area contributed by atoms with Gasteiger partial charge in [-0.1, -0.05) is 33.6 Å². The Hall–Kier alpha value is -1.03. The quantitative estimate of drug-likeness (QED) is 0.861. The van der Waals surface area contributed by atoms with Crippen LogP contribution in [-0.2, 0) is 0 Å². The molecule has 20 heavy (non-hydrogen) atoms. The van der Waals surface area contributed by atoms with Crippen molar-refractivity contribution in [3.05, 3.63) is 62.1 Å². The first-order valence-electron chi connectivity index (χ1n) is 6.29. The van der Waals surface area contributed by atoms with E-state index in [4.69, 9.17) is 22.1 Å². The summed E-state index contributed by atoms with van der Waals surface area (Å²) in [6.45, 7) is 4.09. The van der Waals surface area contributed by atoms with Gasteiger partial charge in [0, 0.05) is 15.1 Å². The van der Waals surface area contributed by atoms with Crippen molar-refractivity contribution < 1.29 is 4.74 Å². The summed E-state index contributed by atoms with van der Waals surface area (Å²) in [6.07, 6.45) is 0. The summed E-state index contributed by atoms with van der Waals surface area (Å²) in [7, 11) is 1.66. The zero-order valence-electron chi connectivity index (χ0n) is 11.7. The fourth-order valence-corrected chi connectivity index (χ4v) is 3.09. The lowest BCUT2D eigenvalue weighted by atomic mass is 9.93. The van der Waals surface area contributed by atoms with Crippen molar-refractivity contribution in [1.82, 2.24) is 0 Å². The minimum Gasteiger partial charge on any atom is -0.496 e. The van der Waals surface area contributed by atoms with Gasteiger partial charge in [-0.05, 0) is 54.8 Å². The number of ether oxygens (including phenoxy) is 1. The van der Waals surface area contributed by atoms with Gasteiger partial charge in [-0.3, -0.25) is 0 Å². The largest absolute Gasteiger partial charge is 0.496 e. The Morgan fingerprint density at radius 1 is 1.20 bits per heavy atom. The first-order chi connectivity index (χ1) is 9.43. The molecule has 0 spiro atoms. The predicted octanol–water partition coefficient (Wildman–Crippen LogP) is 4.78. The lowest BCUT2D eigenvalue weighted by Gasteiger charge is -2.20. The third kappa shape index (κ3) is 3.00. The summed E-state index contributed by atoms with van der Waals surface area (Å²) < 4.78 is 6.43. The van der Waals surface area contributed by atoms with Crippen LogP contribution in [-0.4, -0.2) is 7.11 Å². The Morgan fingerprint density at radius 2 is 1.90 bits per heavy atom. The number of nitrogens with two attached hydrogens (primary N) is 1. The summed E-state index contributed by atoms with van der Waals surface area (Å²) in [5.41, 5.74) is 10.6. The molecule has 0 aromatic heterocycles. The fourth-order valence-electron chi connectivity index (χ4n) is 2.42. The highest BCUT2D eigenvalue weighted by molar-refractivity contribution is 9.10. The van der Waals surface area contributed by atoms with E-state index < -0.39 is 0 Å². The number of aryl methyl sites for hydroxylation is 2. The van der Waals surface area contributed by atoms with Crippen LogP contribution in [0, 0.1) is 13.8 Å². The summed E-state index contributed by atoms with van der Waals surface area (Å²) >= 11 is 9.61. The van der Waals surface area contributed by atoms with Crippen molar-refractivity contribution >= 4 is 27.5 Å². The average Bonchev–Trinajstić information content (AvgIpc) is 2.40. The molecule has 0 saturated carbocycles. The van der Waals surface area contributed by atoms with Crippen LogP contribution in [0.25, 0.3) is 0 Å². The highest BCUT2D eigenvalue weighted by Gasteiger charge is 2.19. The number of benzene rings is 2. The fraction of sp³-hybridized carbons (Fsp3) is 0.250. The van der Waals surface area contributed by atoms with Crippen molar-refractivity contribution in [2.45, 2.75) is 19.9 Å². The molecular weight excluding hydrogens is 338 g/mol. The van der Waals surface area contributed by atoms with Crippen LogP contribution in [0.3, 0.4) is 0 Å². The van der Waals surface area contributed by atoms with Crippen LogP contribution in [0.2, 0.25) is 5.02 Å². The summed E-state index contributed by atoms with van der Waals surface area (Å²) in [5, 5.41) is 0.669. The lowest BCUT2D eigenvalue weighted by molar-refractivity contribution is 0.407. The molecule has 0 bridgehead atoms. The lowest BCUT2D eigenvalue weighted by Crippen LogP contribution is -2.15. The molecule has 0 heterocycles. The van der Waals surface area contributed by atoms with Gasteiger partial charge < -0.3 is 10.5 Å². The summed E-state index contributed by atoms with van der Waals surface area (Å²) in [6, 6.07) is 9.44. The second kappa shape index (κ2) is 6.17. The van der Waals surface area contributed by atoms with Crippen LogP contribution in [0.5, 0.6) is 5.75 Å². The van der Waals surface area contributed by atoms with E-state index in [1.54, 1.807) is 7.11 Å². The van der Waals surface area contributed by atoms with Gasteiger partial charge in [0.2, 0.25) is 0 Å². The zero-order valence-corrected chi connectivity index (χ0v) is 14.0. The van der Waals surface area contributed by atoms with E-state index in [0.717, 1.165) is 32.5 Å². The smallest absolute Gasteiger partial charge is 0.124 e. The van der Waals surface area contributed by atoms with Gasteiger partial charge >= 0.3 is 0 Å². The molecule has 0 radical (unpaired) electrons. The van der Waals surface area contributed by atoms with E-state index in [9.17, 15) is 0 Å². The Bertz CT molecular complexity index is 643. The van der Waals surface area contributed by atoms with E-state index >= 15 is 0 Å². The molecule has 0 aliphatic rings. The van der Waals surface area contributed by atoms with E-state index in [1.807, 2.05) is 38.1 Å². The first-order valence-corrected chi connectivity index (χ1v) is 7.46. The minimum atomic E-state index is -0.293. The molecule has 2 rings (SSSR count). The standard InChI is InChI=1S/C16H17BrClNO/c1-9-6-10(2)15(14(7-9)20-3)16(19)12-8-11(18)4-5-13(12)17/h4-8,16H,19H2,1-3H3. The normalized spacial score (nSPS) is 12.3. The number of halogens is 2. The zero-order chi connectivity index (χ0) is 14.9. The minimum absolute atomic E-state index is 0.293. The highest BCUT2D eigenvalue weighted by atomic mass is 79.9. The van der Waals surface area contributed by atoms with Crippen molar-refractivity contribution in [1.29, 1.82) is 0 Å². The molecule has 2 aromatic carbocycles. The first kappa shape index (κ1) is 15.4. The molecule has 0 aliphatic carbocycles. The third-order valence-corrected chi connectivity index (χ3v) is 4.27. The Balaban J connectivity index is 2.58. The van der Waals surface area contributed by atoms with Crippen molar-refractivity contribution in [2.75, 3.05) is 7.11 Å². The molecule has 2 nitrogen and oxygen atoms in total. The molecular formula is C16H17BrClNO. The molecule has 1 unspecified atom stereocenters. The molecule has 106 valence electrons. The SMILES string of the molecule is COc1cc(C)cc(C)c1C(N)c1cc(Cl)ccc1Br. The average molecular weight is 355 g/mol. The summed E-state index contributed by atoms with van der Waals surface area (Å²) in [5.74, 6) is 0.807. The van der Waals surface area contributed by atoms with Crippen LogP contribution in [0.15, 0.2) is 34.8 Å². The number of hydrogen-bond donors (Lipinski definition) is 1. The Kier molecular flexibility index (Phi) is 4.74. The monoisotopic (exact) mass is 353 g/mol. The van der Waals surface area contributed by atoms with Gasteiger partial charge in [-0.2, -0.15) is 0 Å². The Labute approximate surface area is 133 Å². The molecule has 2 aromatic rings. The molecule has 2 N–H and O–H groups in total. The van der Waals surface area contributed by atoms with Gasteiger partial charge in [0.1, 0.15) is 5.75 Å². The van der Waals surface area contributed by atoms with Gasteiger partial charge in [-0.25, -0.2) is 0 Å². The van der Waals surface area contributed by atoms with Gasteiger partial charge in [0.25, 0.3) is 0 Å². The third-order valence-electron chi connectivity index (χ3n) is 3.32. The summed E-state index contributed by atoms with van der Waals surface area (Å²) in [4.78, 5) is 0. The van der Waals surface area contributed by atoms with Crippen molar-refractivity contribution in [3.8, 4) is 5.75 Å². The van der Waals surface area contributed by atoms with E-state index in [0.29, 0.717) is 5.02 Å². The molecule has 1 atom stereocenters. The maximum atomic E-state index is 6.44. The van der Waals surface area contributed by atoms with Crippen LogP contribution >= 0.6 is 27.5 Å². The number of hydrogen-bond acceptors (Lipinski definition) is 2. The second-order valence-electron chi connectivity index (χ2n) is 4.84. The molecule has 4 heteroatoms. The maximum Gasteiger partial charge on any atom is 0.124 e. The van der Waals surface area contributed by atoms with Crippen molar-refractivity contribution in [3.63, 3.8) is 0 Å².